The van der Waals surface area contributed by atoms with Crippen LogP contribution >= 0.6 is 0 Å². The fourth-order valence-corrected chi connectivity index (χ4v) is 2.00. The van der Waals surface area contributed by atoms with Gasteiger partial charge < -0.3 is 15.8 Å². The van der Waals surface area contributed by atoms with Crippen LogP contribution < -0.4 is 15.8 Å². The average molecular weight is 285 g/mol. The van der Waals surface area contributed by atoms with Crippen molar-refractivity contribution in [2.24, 2.45) is 10.7 Å². The van der Waals surface area contributed by atoms with E-state index in [2.05, 4.69) is 10.3 Å². The first-order valence-corrected chi connectivity index (χ1v) is 7.70. The SMILES string of the molecule is CCS(=O)(=O)CCN=C(N)Nc1cccc(OC)c1. The van der Waals surface area contributed by atoms with Crippen molar-refractivity contribution in [1.29, 1.82) is 0 Å². The monoisotopic (exact) mass is 285 g/mol. The third-order valence-electron chi connectivity index (χ3n) is 2.47. The summed E-state index contributed by atoms with van der Waals surface area (Å²) in [5.41, 5.74) is 6.41. The summed E-state index contributed by atoms with van der Waals surface area (Å²) in [7, 11) is -1.43. The zero-order chi connectivity index (χ0) is 14.3. The molecule has 106 valence electrons. The molecule has 0 heterocycles. The van der Waals surface area contributed by atoms with Crippen molar-refractivity contribution in [1.82, 2.24) is 0 Å². The summed E-state index contributed by atoms with van der Waals surface area (Å²) in [4.78, 5) is 3.97. The highest BCUT2D eigenvalue weighted by atomic mass is 32.2. The Kier molecular flexibility index (Phi) is 5.62. The molecule has 1 rings (SSSR count). The van der Waals surface area contributed by atoms with E-state index in [4.69, 9.17) is 10.5 Å². The summed E-state index contributed by atoms with van der Waals surface area (Å²) in [6, 6.07) is 7.21. The van der Waals surface area contributed by atoms with Crippen LogP contribution in [-0.4, -0.2) is 39.5 Å². The van der Waals surface area contributed by atoms with Crippen LogP contribution in [0.2, 0.25) is 0 Å². The summed E-state index contributed by atoms with van der Waals surface area (Å²) >= 11 is 0. The van der Waals surface area contributed by atoms with Crippen LogP contribution in [0.5, 0.6) is 5.75 Å². The van der Waals surface area contributed by atoms with E-state index in [0.717, 1.165) is 5.69 Å². The number of aliphatic imine (C=N–C) groups is 1. The number of hydrogen-bond acceptors (Lipinski definition) is 4. The number of hydrogen-bond donors (Lipinski definition) is 2. The topological polar surface area (TPSA) is 93.8 Å². The molecule has 0 atom stereocenters. The second kappa shape index (κ2) is 6.98. The number of methoxy groups -OCH3 is 1. The Morgan fingerprint density at radius 3 is 2.84 bits per heavy atom. The molecule has 0 bridgehead atoms. The lowest BCUT2D eigenvalue weighted by Crippen LogP contribution is -2.24. The molecule has 0 aliphatic heterocycles. The van der Waals surface area contributed by atoms with Gasteiger partial charge in [-0.3, -0.25) is 4.99 Å². The van der Waals surface area contributed by atoms with E-state index in [1.165, 1.54) is 0 Å². The summed E-state index contributed by atoms with van der Waals surface area (Å²) < 4.78 is 27.6. The minimum atomic E-state index is -3.01. The highest BCUT2D eigenvalue weighted by Gasteiger charge is 2.06. The van der Waals surface area contributed by atoms with E-state index >= 15 is 0 Å². The minimum absolute atomic E-state index is 0.00396. The van der Waals surface area contributed by atoms with Gasteiger partial charge in [0.2, 0.25) is 0 Å². The maximum Gasteiger partial charge on any atom is 0.193 e. The van der Waals surface area contributed by atoms with Gasteiger partial charge in [0.15, 0.2) is 15.8 Å². The molecule has 0 amide bonds. The van der Waals surface area contributed by atoms with E-state index in [0.29, 0.717) is 5.75 Å². The smallest absolute Gasteiger partial charge is 0.193 e. The number of nitrogens with two attached hydrogens (primary N) is 1. The molecule has 1 aromatic carbocycles. The molecule has 7 heteroatoms. The van der Waals surface area contributed by atoms with Crippen LogP contribution in [0.4, 0.5) is 5.69 Å². The van der Waals surface area contributed by atoms with E-state index in [-0.39, 0.29) is 24.0 Å². The summed E-state index contributed by atoms with van der Waals surface area (Å²) in [5, 5.41) is 2.87. The van der Waals surface area contributed by atoms with Crippen LogP contribution in [0.15, 0.2) is 29.3 Å². The Balaban J connectivity index is 2.56. The molecular formula is C12H19N3O3S. The lowest BCUT2D eigenvalue weighted by molar-refractivity contribution is 0.415. The van der Waals surface area contributed by atoms with Crippen molar-refractivity contribution in [3.05, 3.63) is 24.3 Å². The maximum atomic E-state index is 11.3. The van der Waals surface area contributed by atoms with Crippen molar-refractivity contribution >= 4 is 21.5 Å². The van der Waals surface area contributed by atoms with Crippen molar-refractivity contribution in [2.45, 2.75) is 6.92 Å². The Hall–Kier alpha value is -1.76. The molecule has 6 nitrogen and oxygen atoms in total. The molecule has 3 N–H and O–H groups in total. The number of nitrogens with zero attached hydrogens (tertiary/aromatic N) is 1. The first-order valence-electron chi connectivity index (χ1n) is 5.88. The number of ether oxygens (including phenoxy) is 1. The van der Waals surface area contributed by atoms with Gasteiger partial charge in [0.05, 0.1) is 19.4 Å². The molecular weight excluding hydrogens is 266 g/mol. The first kappa shape index (κ1) is 15.3. The number of sulfone groups is 1. The highest BCUT2D eigenvalue weighted by molar-refractivity contribution is 7.91. The Morgan fingerprint density at radius 1 is 1.47 bits per heavy atom. The van der Waals surface area contributed by atoms with E-state index in [9.17, 15) is 8.42 Å². The van der Waals surface area contributed by atoms with E-state index in [1.807, 2.05) is 18.2 Å². The predicted molar refractivity (Wildman–Crippen MR) is 77.4 cm³/mol. The number of anilines is 1. The maximum absolute atomic E-state index is 11.3. The molecule has 0 saturated heterocycles. The Labute approximate surface area is 113 Å². The quantitative estimate of drug-likeness (QED) is 0.597. The van der Waals surface area contributed by atoms with Crippen molar-refractivity contribution in [3.63, 3.8) is 0 Å². The molecule has 0 aliphatic rings. The average Bonchev–Trinajstić information content (AvgIpc) is 2.38. The lowest BCUT2D eigenvalue weighted by Gasteiger charge is -2.07. The molecule has 0 aromatic heterocycles. The third kappa shape index (κ3) is 5.60. The van der Waals surface area contributed by atoms with Gasteiger partial charge in [-0.15, -0.1) is 0 Å². The molecule has 0 spiro atoms. The van der Waals surface area contributed by atoms with Gasteiger partial charge in [-0.25, -0.2) is 8.42 Å². The zero-order valence-corrected chi connectivity index (χ0v) is 11.9. The molecule has 0 unspecified atom stereocenters. The van der Waals surface area contributed by atoms with Crippen LogP contribution in [0.25, 0.3) is 0 Å². The molecule has 0 aliphatic carbocycles. The van der Waals surface area contributed by atoms with Crippen LogP contribution in [0.3, 0.4) is 0 Å². The van der Waals surface area contributed by atoms with Gasteiger partial charge in [-0.1, -0.05) is 13.0 Å². The van der Waals surface area contributed by atoms with E-state index in [1.54, 1.807) is 20.1 Å². The minimum Gasteiger partial charge on any atom is -0.497 e. The Morgan fingerprint density at radius 2 is 2.21 bits per heavy atom. The predicted octanol–water partition coefficient (Wildman–Crippen LogP) is 0.856. The molecule has 0 radical (unpaired) electrons. The number of rotatable bonds is 6. The van der Waals surface area contributed by atoms with Gasteiger partial charge in [-0.2, -0.15) is 0 Å². The molecule has 0 fully saturated rings. The fourth-order valence-electron chi connectivity index (χ4n) is 1.34. The lowest BCUT2D eigenvalue weighted by atomic mass is 10.3. The second-order valence-electron chi connectivity index (χ2n) is 3.86. The summed E-state index contributed by atoms with van der Waals surface area (Å²) in [6.07, 6.45) is 0. The normalized spacial score (nSPS) is 12.2. The third-order valence-corrected chi connectivity index (χ3v) is 4.15. The van der Waals surface area contributed by atoms with Crippen LogP contribution in [0, 0.1) is 0 Å². The van der Waals surface area contributed by atoms with Crippen molar-refractivity contribution < 1.29 is 13.2 Å². The van der Waals surface area contributed by atoms with Gasteiger partial charge >= 0.3 is 0 Å². The van der Waals surface area contributed by atoms with Crippen LogP contribution in [0.1, 0.15) is 6.92 Å². The number of nitrogens with one attached hydrogen (secondary N) is 1. The number of benzene rings is 1. The fraction of sp³-hybridized carbons (Fsp3) is 0.417. The first-order chi connectivity index (χ1) is 8.96. The van der Waals surface area contributed by atoms with Crippen LogP contribution in [-0.2, 0) is 9.84 Å². The van der Waals surface area contributed by atoms with E-state index < -0.39 is 9.84 Å². The summed E-state index contributed by atoms with van der Waals surface area (Å²) in [6.45, 7) is 1.76. The highest BCUT2D eigenvalue weighted by Crippen LogP contribution is 2.16. The van der Waals surface area contributed by atoms with Crippen molar-refractivity contribution in [2.75, 3.05) is 30.5 Å². The molecule has 19 heavy (non-hydrogen) atoms. The van der Waals surface area contributed by atoms with Crippen molar-refractivity contribution in [3.8, 4) is 5.75 Å². The molecule has 0 saturated carbocycles. The van der Waals surface area contributed by atoms with Gasteiger partial charge in [0.25, 0.3) is 0 Å². The largest absolute Gasteiger partial charge is 0.497 e. The van der Waals surface area contributed by atoms with Gasteiger partial charge in [-0.05, 0) is 12.1 Å². The molecule has 1 aromatic rings. The number of guanidine groups is 1. The van der Waals surface area contributed by atoms with Gasteiger partial charge in [0, 0.05) is 17.5 Å². The standard InChI is InChI=1S/C12H19N3O3S/c1-3-19(16,17)8-7-14-12(13)15-10-5-4-6-11(9-10)18-2/h4-6,9H,3,7-8H2,1-2H3,(H3,13,14,15). The second-order valence-corrected chi connectivity index (χ2v) is 6.33. The summed E-state index contributed by atoms with van der Waals surface area (Å²) in [5.74, 6) is 1.00. The van der Waals surface area contributed by atoms with Gasteiger partial charge in [0.1, 0.15) is 5.75 Å². The zero-order valence-electron chi connectivity index (χ0n) is 11.1. The Bertz CT molecular complexity index is 541.